The number of halogens is 1. The molecule has 0 radical (unpaired) electrons. The molecule has 208 valence electrons. The zero-order valence-electron chi connectivity index (χ0n) is 23.7. The Kier molecular flexibility index (Phi) is 6.06. The molecule has 0 amide bonds. The van der Waals surface area contributed by atoms with Crippen LogP contribution in [0, 0.1) is 5.92 Å². The molecule has 2 N–H and O–H groups in total. The maximum Gasteiger partial charge on any atom is 0.494 e. The van der Waals surface area contributed by atoms with Crippen LogP contribution in [0.1, 0.15) is 65.1 Å². The highest BCUT2D eigenvalue weighted by atomic mass is 79.9. The molecule has 2 saturated heterocycles. The van der Waals surface area contributed by atoms with Crippen molar-refractivity contribution < 1.29 is 35.9 Å². The Bertz CT molecular complexity index is 1610. The zero-order chi connectivity index (χ0) is 26.6. The first-order valence-electron chi connectivity index (χ1n) is 14.4. The number of nitrogens with zero attached hydrogens (tertiary/aromatic N) is 2. The number of rotatable bonds is 3. The Morgan fingerprint density at radius 3 is 2.70 bits per heavy atom. The summed E-state index contributed by atoms with van der Waals surface area (Å²) in [6, 6.07) is 16.6. The fourth-order valence-corrected chi connectivity index (χ4v) is 7.57. The third-order valence-corrected chi connectivity index (χ3v) is 10.1. The van der Waals surface area contributed by atoms with Crippen LogP contribution >= 0.6 is 0 Å². The lowest BCUT2D eigenvalue weighted by molar-refractivity contribution is -0.929. The summed E-state index contributed by atoms with van der Waals surface area (Å²) >= 11 is 0. The van der Waals surface area contributed by atoms with Gasteiger partial charge in [-0.05, 0) is 70.3 Å². The van der Waals surface area contributed by atoms with Gasteiger partial charge < -0.3 is 45.5 Å². The summed E-state index contributed by atoms with van der Waals surface area (Å²) in [7, 11) is 1.99. The van der Waals surface area contributed by atoms with Crippen molar-refractivity contribution in [2.45, 2.75) is 77.0 Å². The van der Waals surface area contributed by atoms with Crippen molar-refractivity contribution in [3.05, 3.63) is 54.5 Å². The highest BCUT2D eigenvalue weighted by molar-refractivity contribution is 6.62. The number of benzene rings is 2. The number of imidazole rings is 1. The summed E-state index contributed by atoms with van der Waals surface area (Å²) in [5.41, 5.74) is 6.34. The molecule has 7 nitrogen and oxygen atoms in total. The van der Waals surface area contributed by atoms with Crippen molar-refractivity contribution in [3.63, 3.8) is 0 Å². The molecule has 1 aliphatic carbocycles. The molecular formula is C31H36BBrN4O3. The molecule has 3 aliphatic heterocycles. The summed E-state index contributed by atoms with van der Waals surface area (Å²) in [6.45, 7) is 8.35. The largest absolute Gasteiger partial charge is 1.00 e. The number of ether oxygens (including phenoxy) is 1. The molecule has 40 heavy (non-hydrogen) atoms. The van der Waals surface area contributed by atoms with Gasteiger partial charge in [0.1, 0.15) is 11.8 Å². The molecule has 5 heterocycles. The van der Waals surface area contributed by atoms with Gasteiger partial charge in [0.15, 0.2) is 12.1 Å². The molecule has 2 bridgehead atoms. The van der Waals surface area contributed by atoms with E-state index in [1.54, 1.807) is 4.90 Å². The van der Waals surface area contributed by atoms with Gasteiger partial charge in [0.05, 0.1) is 47.9 Å². The molecule has 2 aromatic heterocycles. The molecular weight excluding hydrogens is 567 g/mol. The van der Waals surface area contributed by atoms with Crippen molar-refractivity contribution >= 4 is 23.5 Å². The number of nitrogens with one attached hydrogen (secondary N) is 2. The lowest BCUT2D eigenvalue weighted by Crippen LogP contribution is -3.11. The van der Waals surface area contributed by atoms with Crippen molar-refractivity contribution in [2.24, 2.45) is 5.92 Å². The lowest BCUT2D eigenvalue weighted by Gasteiger charge is -2.28. The second-order valence-corrected chi connectivity index (χ2v) is 12.7. The van der Waals surface area contributed by atoms with Gasteiger partial charge in [0.2, 0.25) is 0 Å². The molecule has 1 saturated carbocycles. The highest BCUT2D eigenvalue weighted by Crippen LogP contribution is 2.44. The number of aromatic amines is 1. The van der Waals surface area contributed by atoms with Crippen LogP contribution in [-0.4, -0.2) is 46.4 Å². The van der Waals surface area contributed by atoms with E-state index in [1.165, 1.54) is 25.0 Å². The van der Waals surface area contributed by atoms with Crippen LogP contribution in [0.2, 0.25) is 0 Å². The van der Waals surface area contributed by atoms with Crippen LogP contribution in [0.4, 0.5) is 0 Å². The van der Waals surface area contributed by atoms with Crippen LogP contribution in [0.15, 0.2) is 48.7 Å². The van der Waals surface area contributed by atoms with Crippen molar-refractivity contribution in [1.82, 2.24) is 14.5 Å². The minimum absolute atomic E-state index is 0. The second kappa shape index (κ2) is 9.21. The smallest absolute Gasteiger partial charge is 0.494 e. The molecule has 9 heteroatoms. The molecule has 2 aromatic carbocycles. The van der Waals surface area contributed by atoms with E-state index in [1.807, 2.05) is 6.20 Å². The predicted octanol–water partition coefficient (Wildman–Crippen LogP) is 1.26. The minimum atomic E-state index is -0.347. The van der Waals surface area contributed by atoms with Gasteiger partial charge >= 0.3 is 7.12 Å². The van der Waals surface area contributed by atoms with E-state index in [0.29, 0.717) is 6.04 Å². The van der Waals surface area contributed by atoms with E-state index in [2.05, 4.69) is 86.8 Å². The van der Waals surface area contributed by atoms with Gasteiger partial charge in [-0.1, -0.05) is 18.2 Å². The number of aromatic nitrogens is 3. The van der Waals surface area contributed by atoms with Crippen LogP contribution < -0.4 is 32.1 Å². The van der Waals surface area contributed by atoms with Gasteiger partial charge in [0.25, 0.3) is 0 Å². The maximum atomic E-state index is 6.50. The fraction of sp³-hybridized carbons (Fsp3) is 0.452. The number of quaternary nitrogens is 1. The van der Waals surface area contributed by atoms with Crippen LogP contribution in [0.5, 0.6) is 5.75 Å². The van der Waals surface area contributed by atoms with Crippen molar-refractivity contribution in [2.75, 3.05) is 7.05 Å². The first-order chi connectivity index (χ1) is 18.8. The van der Waals surface area contributed by atoms with Crippen molar-refractivity contribution in [3.8, 4) is 28.3 Å². The molecule has 6 unspecified atom stereocenters. The normalized spacial score (nSPS) is 29.8. The molecule has 8 rings (SSSR count). The lowest BCUT2D eigenvalue weighted by atomic mass is 9.79. The van der Waals surface area contributed by atoms with Crippen molar-refractivity contribution in [1.29, 1.82) is 0 Å². The standard InChI is InChI=1S/C31H35BN4O3.BrH/c1-17-31(3,4)39-32(38-17)22-8-11-26-21(12-22)14-27-24-10-7-19(15-28(24)37-18(2)36(26)27)25-16-33-30(34-25)29-20-6-9-23(13-20)35(29)5;/h7-8,10-12,14-18,20,23,29H,6,9,13H2,1-5H3,(H,33,34);1H. The van der Waals surface area contributed by atoms with Crippen LogP contribution in [0.3, 0.4) is 0 Å². The summed E-state index contributed by atoms with van der Waals surface area (Å²) in [5.74, 6) is 2.80. The maximum absolute atomic E-state index is 6.50. The number of fused-ring (bicyclic) bond motifs is 7. The third kappa shape index (κ3) is 3.85. The quantitative estimate of drug-likeness (QED) is 0.347. The van der Waals surface area contributed by atoms with E-state index in [-0.39, 0.29) is 42.0 Å². The number of H-pyrrole nitrogens is 1. The molecule has 4 aliphatic rings. The average molecular weight is 603 g/mol. The van der Waals surface area contributed by atoms with E-state index in [0.717, 1.165) is 56.7 Å². The Morgan fingerprint density at radius 1 is 1.10 bits per heavy atom. The van der Waals surface area contributed by atoms with E-state index < -0.39 is 0 Å². The first-order valence-corrected chi connectivity index (χ1v) is 14.4. The summed E-state index contributed by atoms with van der Waals surface area (Å²) < 4.78 is 21.1. The van der Waals surface area contributed by atoms with Crippen LogP contribution in [0.25, 0.3) is 33.4 Å². The Hall–Kier alpha value is -2.59. The Balaban J connectivity index is 0.00000264. The topological polar surface area (TPSA) is 65.7 Å². The number of piperidine rings is 1. The van der Waals surface area contributed by atoms with Gasteiger partial charge in [-0.25, -0.2) is 4.98 Å². The second-order valence-electron chi connectivity index (χ2n) is 12.7. The van der Waals surface area contributed by atoms with Gasteiger partial charge in [-0.15, -0.1) is 0 Å². The number of hydrogen-bond donors (Lipinski definition) is 2. The number of hydrogen-bond acceptors (Lipinski definition) is 4. The molecule has 6 atom stereocenters. The van der Waals surface area contributed by atoms with E-state index >= 15 is 0 Å². The van der Waals surface area contributed by atoms with E-state index in [4.69, 9.17) is 19.0 Å². The van der Waals surface area contributed by atoms with Crippen LogP contribution in [-0.2, 0) is 9.31 Å². The van der Waals surface area contributed by atoms with E-state index in [9.17, 15) is 0 Å². The highest BCUT2D eigenvalue weighted by Gasteiger charge is 2.50. The first kappa shape index (κ1) is 26.3. The Labute approximate surface area is 246 Å². The minimum Gasteiger partial charge on any atom is -1.00 e. The van der Waals surface area contributed by atoms with Gasteiger partial charge in [-0.3, -0.25) is 0 Å². The predicted molar refractivity (Wildman–Crippen MR) is 152 cm³/mol. The molecule has 4 aromatic rings. The summed E-state index contributed by atoms with van der Waals surface area (Å²) in [4.78, 5) is 10.1. The SMILES string of the molecule is CC1Oc2cc(-c3cnc(C4C5CCC(C5)[NH+]4C)[nH]3)ccc2-c2cc3cc(B4OC(C)C(C)(C)O4)ccc3n21.[Br-]. The third-order valence-electron chi connectivity index (χ3n) is 10.1. The monoisotopic (exact) mass is 602 g/mol. The zero-order valence-corrected chi connectivity index (χ0v) is 25.3. The summed E-state index contributed by atoms with van der Waals surface area (Å²) in [5, 5.41) is 1.16. The summed E-state index contributed by atoms with van der Waals surface area (Å²) in [6.07, 6.45) is 5.95. The molecule has 0 spiro atoms. The number of likely N-dealkylation sites (tertiary alicyclic amines) is 1. The van der Waals surface area contributed by atoms with Gasteiger partial charge in [0, 0.05) is 28.9 Å². The Morgan fingerprint density at radius 2 is 1.95 bits per heavy atom. The fourth-order valence-electron chi connectivity index (χ4n) is 7.57. The average Bonchev–Trinajstić information content (AvgIpc) is 3.72. The molecule has 3 fully saturated rings. The van der Waals surface area contributed by atoms with Gasteiger partial charge in [-0.2, -0.15) is 0 Å².